The summed E-state index contributed by atoms with van der Waals surface area (Å²) in [6.07, 6.45) is 5.07. The molecule has 1 saturated heterocycles. The van der Waals surface area contributed by atoms with Crippen LogP contribution in [0, 0.1) is 0 Å². The van der Waals surface area contributed by atoms with Gasteiger partial charge >= 0.3 is 0 Å². The van der Waals surface area contributed by atoms with Gasteiger partial charge in [-0.1, -0.05) is 6.92 Å². The van der Waals surface area contributed by atoms with Crippen molar-refractivity contribution in [1.82, 2.24) is 9.62 Å². The van der Waals surface area contributed by atoms with E-state index in [4.69, 9.17) is 4.74 Å². The Morgan fingerprint density at radius 3 is 2.79 bits per heavy atom. The molecule has 112 valence electrons. The standard InChI is InChI=1S/C13H26N2O3S/c1-2-13-11-18-9-8-15(13)19(16,17)10-4-3-7-14-12-5-6-12/h12-14H,2-11H2,1H3. The Labute approximate surface area is 116 Å². The van der Waals surface area contributed by atoms with Gasteiger partial charge in [-0.25, -0.2) is 8.42 Å². The molecule has 5 nitrogen and oxygen atoms in total. The molecular formula is C13H26N2O3S. The number of hydrogen-bond acceptors (Lipinski definition) is 4. The first-order valence-corrected chi connectivity index (χ1v) is 9.05. The van der Waals surface area contributed by atoms with E-state index in [1.807, 2.05) is 6.92 Å². The summed E-state index contributed by atoms with van der Waals surface area (Å²) in [6, 6.07) is 0.740. The third kappa shape index (κ3) is 4.70. The molecule has 1 aliphatic heterocycles. The molecule has 0 aromatic heterocycles. The minimum absolute atomic E-state index is 0.0309. The van der Waals surface area contributed by atoms with E-state index in [0.29, 0.717) is 25.8 Å². The predicted molar refractivity (Wildman–Crippen MR) is 75.6 cm³/mol. The summed E-state index contributed by atoms with van der Waals surface area (Å²) in [5.41, 5.74) is 0. The smallest absolute Gasteiger partial charge is 0.214 e. The van der Waals surface area contributed by atoms with Crippen LogP contribution in [0.2, 0.25) is 0 Å². The molecule has 2 aliphatic rings. The van der Waals surface area contributed by atoms with Crippen LogP contribution in [0.15, 0.2) is 0 Å². The molecule has 1 aliphatic carbocycles. The molecule has 0 bridgehead atoms. The molecule has 0 spiro atoms. The second-order valence-corrected chi connectivity index (χ2v) is 7.54. The number of sulfonamides is 1. The zero-order valence-electron chi connectivity index (χ0n) is 11.8. The summed E-state index contributed by atoms with van der Waals surface area (Å²) in [5.74, 6) is 0.274. The fourth-order valence-electron chi connectivity index (χ4n) is 2.45. The Hall–Kier alpha value is -0.170. The molecule has 0 aromatic carbocycles. The van der Waals surface area contributed by atoms with E-state index in [1.54, 1.807) is 4.31 Å². The topological polar surface area (TPSA) is 58.6 Å². The summed E-state index contributed by atoms with van der Waals surface area (Å²) in [6.45, 7) is 4.54. The third-order valence-electron chi connectivity index (χ3n) is 3.84. The third-order valence-corrected chi connectivity index (χ3v) is 5.84. The lowest BCUT2D eigenvalue weighted by Gasteiger charge is -2.34. The number of nitrogens with one attached hydrogen (secondary N) is 1. The van der Waals surface area contributed by atoms with Gasteiger partial charge in [0.05, 0.1) is 19.0 Å². The van der Waals surface area contributed by atoms with E-state index in [-0.39, 0.29) is 11.8 Å². The first kappa shape index (κ1) is 15.2. The molecule has 1 saturated carbocycles. The van der Waals surface area contributed by atoms with Crippen molar-refractivity contribution in [2.75, 3.05) is 32.1 Å². The van der Waals surface area contributed by atoms with E-state index in [9.17, 15) is 8.42 Å². The lowest BCUT2D eigenvalue weighted by molar-refractivity contribution is 0.0314. The molecule has 0 amide bonds. The van der Waals surface area contributed by atoms with Crippen LogP contribution in [0.1, 0.15) is 39.0 Å². The highest BCUT2D eigenvalue weighted by Gasteiger charge is 2.31. The zero-order chi connectivity index (χ0) is 13.7. The number of hydrogen-bond donors (Lipinski definition) is 1. The van der Waals surface area contributed by atoms with Gasteiger partial charge in [-0.2, -0.15) is 4.31 Å². The lowest BCUT2D eigenvalue weighted by Crippen LogP contribution is -2.49. The van der Waals surface area contributed by atoms with Gasteiger partial charge in [-0.15, -0.1) is 0 Å². The first-order chi connectivity index (χ1) is 9.13. The second-order valence-electron chi connectivity index (χ2n) is 5.50. The largest absolute Gasteiger partial charge is 0.378 e. The maximum absolute atomic E-state index is 12.3. The minimum atomic E-state index is -3.10. The van der Waals surface area contributed by atoms with Crippen LogP contribution >= 0.6 is 0 Å². The molecular weight excluding hydrogens is 264 g/mol. The number of unbranched alkanes of at least 4 members (excludes halogenated alkanes) is 1. The van der Waals surface area contributed by atoms with Crippen molar-refractivity contribution in [2.24, 2.45) is 0 Å². The second kappa shape index (κ2) is 7.02. The van der Waals surface area contributed by atoms with Gasteiger partial charge in [0, 0.05) is 18.6 Å². The van der Waals surface area contributed by atoms with Crippen LogP contribution in [0.4, 0.5) is 0 Å². The Morgan fingerprint density at radius 2 is 2.11 bits per heavy atom. The van der Waals surface area contributed by atoms with Crippen LogP contribution in [-0.2, 0) is 14.8 Å². The average molecular weight is 290 g/mol. The van der Waals surface area contributed by atoms with E-state index >= 15 is 0 Å². The fraction of sp³-hybridized carbons (Fsp3) is 1.00. The SMILES string of the molecule is CCC1COCCN1S(=O)(=O)CCCCNC1CC1. The van der Waals surface area contributed by atoms with Gasteiger partial charge in [-0.3, -0.25) is 0 Å². The molecule has 6 heteroatoms. The van der Waals surface area contributed by atoms with Crippen LogP contribution in [-0.4, -0.2) is 56.9 Å². The van der Waals surface area contributed by atoms with Crippen molar-refractivity contribution in [3.8, 4) is 0 Å². The van der Waals surface area contributed by atoms with Gasteiger partial charge in [0.1, 0.15) is 0 Å². The Balaban J connectivity index is 1.72. The quantitative estimate of drug-likeness (QED) is 0.677. The van der Waals surface area contributed by atoms with Crippen molar-refractivity contribution in [1.29, 1.82) is 0 Å². The van der Waals surface area contributed by atoms with E-state index < -0.39 is 10.0 Å². The molecule has 1 unspecified atom stereocenters. The van der Waals surface area contributed by atoms with Crippen molar-refractivity contribution >= 4 is 10.0 Å². The Kier molecular flexibility index (Phi) is 5.62. The summed E-state index contributed by atoms with van der Waals surface area (Å²) in [5, 5.41) is 3.41. The van der Waals surface area contributed by atoms with Gasteiger partial charge < -0.3 is 10.1 Å². The number of rotatable bonds is 8. The molecule has 1 N–H and O–H groups in total. The van der Waals surface area contributed by atoms with Crippen molar-refractivity contribution in [3.05, 3.63) is 0 Å². The molecule has 2 fully saturated rings. The van der Waals surface area contributed by atoms with Gasteiger partial charge in [0.15, 0.2) is 0 Å². The molecule has 0 aromatic rings. The van der Waals surface area contributed by atoms with Crippen LogP contribution in [0.3, 0.4) is 0 Å². The summed E-state index contributed by atoms with van der Waals surface area (Å²) in [4.78, 5) is 0. The highest BCUT2D eigenvalue weighted by atomic mass is 32.2. The normalized spacial score (nSPS) is 25.6. The lowest BCUT2D eigenvalue weighted by atomic mass is 10.2. The predicted octanol–water partition coefficient (Wildman–Crippen LogP) is 0.959. The van der Waals surface area contributed by atoms with E-state index in [1.165, 1.54) is 12.8 Å². The summed E-state index contributed by atoms with van der Waals surface area (Å²) in [7, 11) is -3.10. The number of ether oxygens (including phenoxy) is 1. The van der Waals surface area contributed by atoms with Crippen LogP contribution in [0.5, 0.6) is 0 Å². The summed E-state index contributed by atoms with van der Waals surface area (Å²) < 4.78 is 31.6. The molecule has 19 heavy (non-hydrogen) atoms. The molecule has 0 radical (unpaired) electrons. The van der Waals surface area contributed by atoms with Gasteiger partial charge in [0.25, 0.3) is 0 Å². The monoisotopic (exact) mass is 290 g/mol. The average Bonchev–Trinajstić information content (AvgIpc) is 3.22. The number of morpholine rings is 1. The fourth-order valence-corrected chi connectivity index (χ4v) is 4.27. The van der Waals surface area contributed by atoms with Gasteiger partial charge in [-0.05, 0) is 38.6 Å². The maximum atomic E-state index is 12.3. The maximum Gasteiger partial charge on any atom is 0.214 e. The van der Waals surface area contributed by atoms with E-state index in [0.717, 1.165) is 25.8 Å². The zero-order valence-corrected chi connectivity index (χ0v) is 12.6. The van der Waals surface area contributed by atoms with E-state index in [2.05, 4.69) is 5.32 Å². The number of nitrogens with zero attached hydrogens (tertiary/aromatic N) is 1. The molecule has 2 rings (SSSR count). The van der Waals surface area contributed by atoms with Crippen LogP contribution in [0.25, 0.3) is 0 Å². The minimum Gasteiger partial charge on any atom is -0.378 e. The highest BCUT2D eigenvalue weighted by Crippen LogP contribution is 2.19. The molecule has 1 atom stereocenters. The molecule has 1 heterocycles. The van der Waals surface area contributed by atoms with Gasteiger partial charge in [0.2, 0.25) is 10.0 Å². The van der Waals surface area contributed by atoms with Crippen molar-refractivity contribution in [2.45, 2.75) is 51.1 Å². The Bertz CT molecular complexity index is 368. The highest BCUT2D eigenvalue weighted by molar-refractivity contribution is 7.89. The van der Waals surface area contributed by atoms with Crippen LogP contribution < -0.4 is 5.32 Å². The van der Waals surface area contributed by atoms with Crippen molar-refractivity contribution < 1.29 is 13.2 Å². The Morgan fingerprint density at radius 1 is 1.32 bits per heavy atom. The first-order valence-electron chi connectivity index (χ1n) is 7.44. The summed E-state index contributed by atoms with van der Waals surface area (Å²) >= 11 is 0. The van der Waals surface area contributed by atoms with Crippen molar-refractivity contribution in [3.63, 3.8) is 0 Å².